The summed E-state index contributed by atoms with van der Waals surface area (Å²) in [6.07, 6.45) is 2.88. The number of hydrogen-bond acceptors (Lipinski definition) is 8. The Morgan fingerprint density at radius 1 is 0.962 bits per heavy atom. The van der Waals surface area contributed by atoms with Crippen LogP contribution < -0.4 is 16.7 Å². The molecular formula is C40H53N7O6. The van der Waals surface area contributed by atoms with E-state index in [-0.39, 0.29) is 41.9 Å². The van der Waals surface area contributed by atoms with Gasteiger partial charge in [-0.1, -0.05) is 57.2 Å². The lowest BCUT2D eigenvalue weighted by Crippen LogP contribution is -2.58. The zero-order valence-corrected chi connectivity index (χ0v) is 31.3. The lowest BCUT2D eigenvalue weighted by Gasteiger charge is -2.39. The Hall–Kier alpha value is -4.33. The highest BCUT2D eigenvalue weighted by molar-refractivity contribution is 6.00. The van der Waals surface area contributed by atoms with E-state index >= 15 is 0 Å². The summed E-state index contributed by atoms with van der Waals surface area (Å²) in [6, 6.07) is 13.9. The van der Waals surface area contributed by atoms with Gasteiger partial charge in [0.05, 0.1) is 30.2 Å². The van der Waals surface area contributed by atoms with Gasteiger partial charge in [0.2, 0.25) is 23.6 Å². The molecule has 4 amide bonds. The fraction of sp³-hybridized carbons (Fsp3) is 0.575. The van der Waals surface area contributed by atoms with Crippen molar-refractivity contribution in [1.82, 2.24) is 29.2 Å². The molecule has 13 heteroatoms. The third kappa shape index (κ3) is 7.43. The zero-order chi connectivity index (χ0) is 37.6. The molecule has 53 heavy (non-hydrogen) atoms. The predicted molar refractivity (Wildman–Crippen MR) is 199 cm³/mol. The highest BCUT2D eigenvalue weighted by atomic mass is 16.5. The predicted octanol–water partition coefficient (Wildman–Crippen LogP) is 2.72. The molecule has 4 fully saturated rings. The van der Waals surface area contributed by atoms with E-state index in [1.54, 1.807) is 16.5 Å². The first-order valence-corrected chi connectivity index (χ1v) is 19.1. The second-order valence-corrected chi connectivity index (χ2v) is 16.6. The number of aromatic nitrogens is 2. The normalized spacial score (nSPS) is 26.3. The highest BCUT2D eigenvalue weighted by Crippen LogP contribution is 2.37. The van der Waals surface area contributed by atoms with Crippen LogP contribution in [0.1, 0.15) is 76.1 Å². The smallest absolute Gasteiger partial charge is 0.329 e. The quantitative estimate of drug-likeness (QED) is 0.337. The van der Waals surface area contributed by atoms with Gasteiger partial charge in [-0.25, -0.2) is 4.79 Å². The van der Waals surface area contributed by atoms with Crippen molar-refractivity contribution in [2.45, 2.75) is 83.6 Å². The van der Waals surface area contributed by atoms with Gasteiger partial charge < -0.3 is 20.3 Å². The minimum Gasteiger partial charge on any atom is -0.370 e. The summed E-state index contributed by atoms with van der Waals surface area (Å²) < 4.78 is 9.17. The van der Waals surface area contributed by atoms with E-state index in [0.29, 0.717) is 50.6 Å². The maximum atomic E-state index is 14.5. The van der Waals surface area contributed by atoms with Crippen LogP contribution >= 0.6 is 0 Å². The largest absolute Gasteiger partial charge is 0.370 e. The molecule has 1 aromatic heterocycles. The van der Waals surface area contributed by atoms with Gasteiger partial charge >= 0.3 is 5.69 Å². The summed E-state index contributed by atoms with van der Waals surface area (Å²) in [5.41, 5.74) is 9.33. The third-order valence-corrected chi connectivity index (χ3v) is 11.9. The van der Waals surface area contributed by atoms with Crippen molar-refractivity contribution < 1.29 is 23.9 Å². The van der Waals surface area contributed by atoms with E-state index in [4.69, 9.17) is 10.5 Å². The second-order valence-electron chi connectivity index (χ2n) is 16.6. The second kappa shape index (κ2) is 14.8. The maximum Gasteiger partial charge on any atom is 0.329 e. The Kier molecular flexibility index (Phi) is 10.4. The fourth-order valence-electron chi connectivity index (χ4n) is 8.81. The van der Waals surface area contributed by atoms with Crippen LogP contribution in [0.3, 0.4) is 0 Å². The number of nitrogens with two attached hydrogens (primary N) is 1. The van der Waals surface area contributed by atoms with Crippen molar-refractivity contribution in [3.05, 3.63) is 70.1 Å². The van der Waals surface area contributed by atoms with Crippen LogP contribution in [0.2, 0.25) is 0 Å². The molecule has 6 atom stereocenters. The van der Waals surface area contributed by atoms with Gasteiger partial charge in [0.1, 0.15) is 18.2 Å². The van der Waals surface area contributed by atoms with Crippen molar-refractivity contribution in [2.24, 2.45) is 30.0 Å². The molecule has 4 aliphatic rings. The summed E-state index contributed by atoms with van der Waals surface area (Å²) in [4.78, 5) is 72.1. The molecule has 0 radical (unpaired) electrons. The topological polar surface area (TPSA) is 152 Å². The van der Waals surface area contributed by atoms with Crippen molar-refractivity contribution in [2.75, 3.05) is 39.3 Å². The molecule has 7 rings (SSSR count). The molecule has 4 saturated heterocycles. The van der Waals surface area contributed by atoms with Crippen LogP contribution in [0, 0.1) is 17.3 Å². The molecule has 3 unspecified atom stereocenters. The molecule has 0 bridgehead atoms. The van der Waals surface area contributed by atoms with E-state index < -0.39 is 29.4 Å². The molecule has 3 N–H and O–H groups in total. The lowest BCUT2D eigenvalue weighted by atomic mass is 9.85. The number of nitrogens with one attached hydrogen (secondary N) is 1. The number of carbonyl (C=O) groups is 4. The third-order valence-electron chi connectivity index (χ3n) is 11.9. The first-order chi connectivity index (χ1) is 25.3. The van der Waals surface area contributed by atoms with Crippen LogP contribution in [0.15, 0.2) is 53.3 Å². The van der Waals surface area contributed by atoms with Gasteiger partial charge in [0, 0.05) is 39.6 Å². The molecule has 4 aliphatic heterocycles. The molecule has 3 aromatic rings. The number of hydrogen-bond donors (Lipinski definition) is 2. The zero-order valence-electron chi connectivity index (χ0n) is 31.3. The van der Waals surface area contributed by atoms with Crippen LogP contribution in [-0.4, -0.2) is 98.9 Å². The Labute approximate surface area is 310 Å². The van der Waals surface area contributed by atoms with E-state index in [9.17, 15) is 24.0 Å². The average Bonchev–Trinajstić information content (AvgIpc) is 3.84. The number of imidazole rings is 1. The number of rotatable bonds is 8. The summed E-state index contributed by atoms with van der Waals surface area (Å²) in [6.45, 7) is 10.3. The molecule has 284 valence electrons. The number of ether oxygens (including phenoxy) is 1. The first kappa shape index (κ1) is 37.0. The number of likely N-dealkylation sites (tertiary alicyclic amines) is 2. The van der Waals surface area contributed by atoms with E-state index in [1.165, 1.54) is 4.57 Å². The monoisotopic (exact) mass is 727 g/mol. The molecular weight excluding hydrogens is 674 g/mol. The summed E-state index contributed by atoms with van der Waals surface area (Å²) >= 11 is 0. The molecule has 13 nitrogen and oxygen atoms in total. The highest BCUT2D eigenvalue weighted by Gasteiger charge is 2.47. The average molecular weight is 728 g/mol. The number of morpholine rings is 1. The lowest BCUT2D eigenvalue weighted by molar-refractivity contribution is -0.151. The number of benzene rings is 2. The van der Waals surface area contributed by atoms with Gasteiger partial charge in [0.15, 0.2) is 0 Å². The van der Waals surface area contributed by atoms with Crippen molar-refractivity contribution in [3.63, 3.8) is 0 Å². The Bertz CT molecular complexity index is 1930. The van der Waals surface area contributed by atoms with E-state index in [1.807, 2.05) is 74.2 Å². The Balaban J connectivity index is 1.05. The summed E-state index contributed by atoms with van der Waals surface area (Å²) in [5.74, 6) is -0.533. The number of carbonyl (C=O) groups excluding carboxylic acids is 4. The van der Waals surface area contributed by atoms with Gasteiger partial charge in [-0.3, -0.25) is 38.5 Å². The molecule has 2 aromatic carbocycles. The van der Waals surface area contributed by atoms with Gasteiger partial charge in [-0.2, -0.15) is 0 Å². The molecule has 0 spiro atoms. The van der Waals surface area contributed by atoms with Crippen molar-refractivity contribution in [3.8, 4) is 0 Å². The van der Waals surface area contributed by atoms with Crippen molar-refractivity contribution >= 4 is 34.7 Å². The number of nitrogens with zero attached hydrogens (tertiary/aromatic N) is 5. The Morgan fingerprint density at radius 3 is 2.47 bits per heavy atom. The maximum absolute atomic E-state index is 14.5. The molecule has 0 aliphatic carbocycles. The number of imide groups is 1. The van der Waals surface area contributed by atoms with E-state index in [2.05, 4.69) is 10.2 Å². The number of piperidine rings is 1. The number of amides is 4. The minimum absolute atomic E-state index is 0.01000. The standard InChI is InChI=1S/C40H53N7O6/c1-40(2,3)35(41)38(51)46-17-15-28(34(46)37(50)45-18-19-53-32(24-45)27-8-6-5-7-9-27)20-26-14-16-44(23-26)22-25-10-11-29-31(21-25)43(4)39(52)47(29)30-12-13-33(48)42-36(30)49/h5-11,21,26,28,30,32,34-35H,12-20,22-24,41H2,1-4H3,(H,42,48,49)/t26?,28-,30?,32-,34?,35+/m0/s1. The fourth-order valence-corrected chi connectivity index (χ4v) is 8.81. The minimum atomic E-state index is -0.718. The van der Waals surface area contributed by atoms with Crippen LogP contribution in [0.25, 0.3) is 11.0 Å². The van der Waals surface area contributed by atoms with E-state index in [0.717, 1.165) is 49.0 Å². The first-order valence-electron chi connectivity index (χ1n) is 19.1. The van der Waals surface area contributed by atoms with Crippen LogP contribution in [0.5, 0.6) is 0 Å². The van der Waals surface area contributed by atoms with Gasteiger partial charge in [-0.05, 0) is 72.7 Å². The molecule has 0 saturated carbocycles. The van der Waals surface area contributed by atoms with Crippen LogP contribution in [0.4, 0.5) is 0 Å². The van der Waals surface area contributed by atoms with Gasteiger partial charge in [0.25, 0.3) is 0 Å². The van der Waals surface area contributed by atoms with Crippen LogP contribution in [-0.2, 0) is 37.5 Å². The molecule has 5 heterocycles. The number of fused-ring (bicyclic) bond motifs is 1. The summed E-state index contributed by atoms with van der Waals surface area (Å²) in [7, 11) is 1.71. The number of aryl methyl sites for hydroxylation is 1. The van der Waals surface area contributed by atoms with Gasteiger partial charge in [-0.15, -0.1) is 0 Å². The van der Waals surface area contributed by atoms with Crippen molar-refractivity contribution in [1.29, 1.82) is 0 Å². The summed E-state index contributed by atoms with van der Waals surface area (Å²) in [5, 5.41) is 2.37. The Morgan fingerprint density at radius 2 is 1.74 bits per heavy atom. The SMILES string of the molecule is Cn1c(=O)n(C2CCC(=O)NC2=O)c2ccc(CN3CCC(C[C@@H]4CCN(C(=O)[C@@H](N)C(C)(C)C)C4C(=O)N4CCO[C@H](c5ccccc5)C4)C3)cc21.